The van der Waals surface area contributed by atoms with Gasteiger partial charge < -0.3 is 15.2 Å². The fourth-order valence-electron chi connectivity index (χ4n) is 2.02. The van der Waals surface area contributed by atoms with E-state index in [1.165, 1.54) is 0 Å². The molecule has 1 atom stereocenters. The van der Waals surface area contributed by atoms with E-state index in [1.54, 1.807) is 14.2 Å². The first-order valence-electron chi connectivity index (χ1n) is 6.20. The Morgan fingerprint density at radius 1 is 1.53 bits per heavy atom. The minimum absolute atomic E-state index is 0.455. The van der Waals surface area contributed by atoms with Gasteiger partial charge in [-0.25, -0.2) is 0 Å². The number of hydrogen-bond donors (Lipinski definition) is 2. The van der Waals surface area contributed by atoms with Crippen molar-refractivity contribution in [2.24, 2.45) is 0 Å². The normalized spacial score (nSPS) is 12.5. The molecule has 0 aromatic heterocycles. The molecule has 0 saturated carbocycles. The van der Waals surface area contributed by atoms with Crippen LogP contribution in [0.5, 0.6) is 5.75 Å². The van der Waals surface area contributed by atoms with E-state index < -0.39 is 12.0 Å². The van der Waals surface area contributed by atoms with Crippen LogP contribution in [0.25, 0.3) is 0 Å². The lowest BCUT2D eigenvalue weighted by atomic mass is 10.1. The number of carbonyl (C=O) groups is 1. The van der Waals surface area contributed by atoms with Crippen LogP contribution in [-0.2, 0) is 11.3 Å². The molecular weight excluding hydrogens is 244 g/mol. The number of methoxy groups -OCH3 is 1. The van der Waals surface area contributed by atoms with Gasteiger partial charge in [-0.1, -0.05) is 12.1 Å². The van der Waals surface area contributed by atoms with Gasteiger partial charge in [0.2, 0.25) is 0 Å². The number of aryl methyl sites for hydroxylation is 1. The number of aliphatic carboxylic acids is 1. The summed E-state index contributed by atoms with van der Waals surface area (Å²) in [7, 11) is 5.22. The lowest BCUT2D eigenvalue weighted by Gasteiger charge is -2.21. The Morgan fingerprint density at radius 2 is 2.21 bits per heavy atom. The van der Waals surface area contributed by atoms with E-state index in [2.05, 4.69) is 11.4 Å². The first kappa shape index (κ1) is 15.5. The van der Waals surface area contributed by atoms with Crippen LogP contribution in [0.3, 0.4) is 0 Å². The summed E-state index contributed by atoms with van der Waals surface area (Å²) in [5, 5.41) is 11.8. The number of hydrogen-bond acceptors (Lipinski definition) is 4. The van der Waals surface area contributed by atoms with E-state index >= 15 is 0 Å². The summed E-state index contributed by atoms with van der Waals surface area (Å²) >= 11 is 0. The predicted molar refractivity (Wildman–Crippen MR) is 74.5 cm³/mol. The zero-order valence-electron chi connectivity index (χ0n) is 11.9. The van der Waals surface area contributed by atoms with Gasteiger partial charge in [0.05, 0.1) is 7.11 Å². The lowest BCUT2D eigenvalue weighted by Crippen LogP contribution is -2.43. The van der Waals surface area contributed by atoms with Crippen molar-refractivity contribution in [2.45, 2.75) is 19.5 Å². The molecule has 0 saturated heterocycles. The maximum Gasteiger partial charge on any atom is 0.322 e. The van der Waals surface area contributed by atoms with E-state index in [1.807, 2.05) is 31.0 Å². The van der Waals surface area contributed by atoms with E-state index in [4.69, 9.17) is 9.84 Å². The fraction of sp³-hybridized carbons (Fsp3) is 0.500. The summed E-state index contributed by atoms with van der Waals surface area (Å²) in [5.41, 5.74) is 2.22. The summed E-state index contributed by atoms with van der Waals surface area (Å²) in [5.74, 6) is 0.0327. The minimum Gasteiger partial charge on any atom is -0.496 e. The van der Waals surface area contributed by atoms with Gasteiger partial charge in [-0.2, -0.15) is 0 Å². The highest BCUT2D eigenvalue weighted by atomic mass is 16.5. The highest BCUT2D eigenvalue weighted by molar-refractivity contribution is 5.73. The number of likely N-dealkylation sites (N-methyl/N-ethyl adjacent to an activating group) is 2. The fourth-order valence-corrected chi connectivity index (χ4v) is 2.02. The maximum atomic E-state index is 11.0. The zero-order chi connectivity index (χ0) is 14.4. The van der Waals surface area contributed by atoms with Gasteiger partial charge >= 0.3 is 5.97 Å². The van der Waals surface area contributed by atoms with Crippen molar-refractivity contribution in [3.8, 4) is 5.75 Å². The third-order valence-corrected chi connectivity index (χ3v) is 3.05. The van der Waals surface area contributed by atoms with Crippen LogP contribution in [0.15, 0.2) is 18.2 Å². The van der Waals surface area contributed by atoms with E-state index in [-0.39, 0.29) is 0 Å². The standard InChI is InChI=1S/C14H22N2O3/c1-10-7-11(5-6-13(10)19-4)8-16(3)9-12(15-2)14(17)18/h5-7,12,15H,8-9H2,1-4H3,(H,17,18). The van der Waals surface area contributed by atoms with Crippen molar-refractivity contribution < 1.29 is 14.6 Å². The second-order valence-electron chi connectivity index (χ2n) is 4.68. The van der Waals surface area contributed by atoms with Gasteiger partial charge in [0.25, 0.3) is 0 Å². The molecule has 1 rings (SSSR count). The third kappa shape index (κ3) is 4.54. The summed E-state index contributed by atoms with van der Waals surface area (Å²) in [6.07, 6.45) is 0. The number of nitrogens with one attached hydrogen (secondary N) is 1. The topological polar surface area (TPSA) is 61.8 Å². The molecule has 0 aliphatic carbocycles. The molecule has 5 nitrogen and oxygen atoms in total. The van der Waals surface area contributed by atoms with Crippen LogP contribution in [0.1, 0.15) is 11.1 Å². The summed E-state index contributed by atoms with van der Waals surface area (Å²) in [6.45, 7) is 3.16. The first-order chi connectivity index (χ1) is 8.97. The van der Waals surface area contributed by atoms with Gasteiger partial charge in [0, 0.05) is 13.1 Å². The molecule has 106 valence electrons. The van der Waals surface area contributed by atoms with E-state index in [0.717, 1.165) is 16.9 Å². The molecule has 0 aliphatic rings. The molecule has 0 bridgehead atoms. The SMILES string of the molecule is CNC(CN(C)Cc1ccc(OC)c(C)c1)C(=O)O. The average Bonchev–Trinajstić information content (AvgIpc) is 2.35. The zero-order valence-corrected chi connectivity index (χ0v) is 11.9. The second kappa shape index (κ2) is 7.11. The van der Waals surface area contributed by atoms with Crippen LogP contribution in [0, 0.1) is 6.92 Å². The highest BCUT2D eigenvalue weighted by Crippen LogP contribution is 2.19. The first-order valence-corrected chi connectivity index (χ1v) is 6.20. The van der Waals surface area contributed by atoms with Crippen LogP contribution in [-0.4, -0.2) is 49.8 Å². The number of carboxylic acid groups (broad SMARTS) is 1. The van der Waals surface area contributed by atoms with Gasteiger partial charge in [-0.05, 0) is 38.2 Å². The Morgan fingerprint density at radius 3 is 2.68 bits per heavy atom. The van der Waals surface area contributed by atoms with Crippen molar-refractivity contribution in [1.29, 1.82) is 0 Å². The number of nitrogens with zero attached hydrogens (tertiary/aromatic N) is 1. The number of carboxylic acids is 1. The maximum absolute atomic E-state index is 11.0. The minimum atomic E-state index is -0.833. The molecular formula is C14H22N2O3. The van der Waals surface area contributed by atoms with Gasteiger partial charge in [-0.3, -0.25) is 9.69 Å². The van der Waals surface area contributed by atoms with Crippen LogP contribution in [0.2, 0.25) is 0 Å². The molecule has 1 aromatic rings. The van der Waals surface area contributed by atoms with Crippen molar-refractivity contribution >= 4 is 5.97 Å². The predicted octanol–water partition coefficient (Wildman–Crippen LogP) is 1.11. The summed E-state index contributed by atoms with van der Waals surface area (Å²) in [4.78, 5) is 12.9. The second-order valence-corrected chi connectivity index (χ2v) is 4.68. The van der Waals surface area contributed by atoms with E-state index in [9.17, 15) is 4.79 Å². The summed E-state index contributed by atoms with van der Waals surface area (Å²) < 4.78 is 5.22. The van der Waals surface area contributed by atoms with Gasteiger partial charge in [0.1, 0.15) is 11.8 Å². The number of rotatable bonds is 7. The molecule has 0 radical (unpaired) electrons. The molecule has 2 N–H and O–H groups in total. The number of ether oxygens (including phenoxy) is 1. The molecule has 1 aromatic carbocycles. The molecule has 0 aliphatic heterocycles. The molecule has 0 heterocycles. The molecule has 0 spiro atoms. The molecule has 19 heavy (non-hydrogen) atoms. The van der Waals surface area contributed by atoms with Crippen molar-refractivity contribution in [1.82, 2.24) is 10.2 Å². The van der Waals surface area contributed by atoms with E-state index in [0.29, 0.717) is 13.1 Å². The molecule has 0 fully saturated rings. The quantitative estimate of drug-likeness (QED) is 0.774. The third-order valence-electron chi connectivity index (χ3n) is 3.05. The van der Waals surface area contributed by atoms with Crippen molar-refractivity contribution in [3.05, 3.63) is 29.3 Å². The monoisotopic (exact) mass is 266 g/mol. The largest absolute Gasteiger partial charge is 0.496 e. The van der Waals surface area contributed by atoms with Gasteiger partial charge in [-0.15, -0.1) is 0 Å². The van der Waals surface area contributed by atoms with Crippen LogP contribution in [0.4, 0.5) is 0 Å². The highest BCUT2D eigenvalue weighted by Gasteiger charge is 2.17. The van der Waals surface area contributed by atoms with Crippen molar-refractivity contribution in [3.63, 3.8) is 0 Å². The average molecular weight is 266 g/mol. The van der Waals surface area contributed by atoms with Gasteiger partial charge in [0.15, 0.2) is 0 Å². The summed E-state index contributed by atoms with van der Waals surface area (Å²) in [6, 6.07) is 5.44. The Bertz CT molecular complexity index is 435. The Labute approximate surface area is 114 Å². The Kier molecular flexibility index (Phi) is 5.79. The Balaban J connectivity index is 2.64. The van der Waals surface area contributed by atoms with Crippen LogP contribution < -0.4 is 10.1 Å². The molecule has 5 heteroatoms. The molecule has 0 amide bonds. The van der Waals surface area contributed by atoms with Crippen LogP contribution >= 0.6 is 0 Å². The smallest absolute Gasteiger partial charge is 0.322 e. The Hall–Kier alpha value is -1.59. The van der Waals surface area contributed by atoms with Crippen molar-refractivity contribution in [2.75, 3.05) is 27.7 Å². The lowest BCUT2D eigenvalue weighted by molar-refractivity contribution is -0.139. The number of benzene rings is 1. The molecule has 1 unspecified atom stereocenters.